The van der Waals surface area contributed by atoms with Gasteiger partial charge < -0.3 is 5.32 Å². The van der Waals surface area contributed by atoms with E-state index in [0.29, 0.717) is 41.7 Å². The standard InChI is InChI=1S/C19H19FN4O3S2/c1-12-7-8-14(10-15(12)20)21-19(25)13-4-3-9-24(11-13)29(26,27)17-6-2-5-16-18(17)23-28-22-16/h2,5-8,10,13H,3-4,9,11H2,1H3,(H,21,25). The first-order chi connectivity index (χ1) is 13.9. The van der Waals surface area contributed by atoms with Gasteiger partial charge in [-0.2, -0.15) is 13.1 Å². The van der Waals surface area contributed by atoms with E-state index >= 15 is 0 Å². The zero-order valence-electron chi connectivity index (χ0n) is 15.6. The van der Waals surface area contributed by atoms with Gasteiger partial charge in [0.15, 0.2) is 0 Å². The molecule has 10 heteroatoms. The third-order valence-electron chi connectivity index (χ3n) is 5.06. The van der Waals surface area contributed by atoms with Crippen LogP contribution in [-0.4, -0.2) is 40.5 Å². The molecule has 7 nitrogen and oxygen atoms in total. The first-order valence-corrected chi connectivity index (χ1v) is 11.3. The van der Waals surface area contributed by atoms with Crippen molar-refractivity contribution in [3.8, 4) is 0 Å². The summed E-state index contributed by atoms with van der Waals surface area (Å²) in [5.41, 5.74) is 1.73. The fraction of sp³-hybridized carbons (Fsp3) is 0.316. The molecular formula is C19H19FN4O3S2. The van der Waals surface area contributed by atoms with Gasteiger partial charge in [-0.1, -0.05) is 12.1 Å². The number of amides is 1. The molecule has 1 aromatic heterocycles. The van der Waals surface area contributed by atoms with Crippen LogP contribution >= 0.6 is 11.7 Å². The number of halogens is 1. The number of hydrogen-bond donors (Lipinski definition) is 1. The van der Waals surface area contributed by atoms with Gasteiger partial charge in [0.2, 0.25) is 15.9 Å². The number of nitrogens with zero attached hydrogens (tertiary/aromatic N) is 3. The fourth-order valence-corrected chi connectivity index (χ4v) is 5.69. The predicted molar refractivity (Wildman–Crippen MR) is 109 cm³/mol. The number of benzene rings is 2. The predicted octanol–water partition coefficient (Wildman–Crippen LogP) is 3.18. The molecule has 3 aromatic rings. The van der Waals surface area contributed by atoms with Gasteiger partial charge in [0, 0.05) is 18.8 Å². The van der Waals surface area contributed by atoms with E-state index in [-0.39, 0.29) is 17.3 Å². The Labute approximate surface area is 171 Å². The molecule has 1 fully saturated rings. The van der Waals surface area contributed by atoms with Crippen LogP contribution in [0.25, 0.3) is 11.0 Å². The summed E-state index contributed by atoms with van der Waals surface area (Å²) in [6, 6.07) is 9.34. The number of nitrogens with one attached hydrogen (secondary N) is 1. The van der Waals surface area contributed by atoms with Crippen LogP contribution in [0.5, 0.6) is 0 Å². The van der Waals surface area contributed by atoms with Crippen molar-refractivity contribution in [2.75, 3.05) is 18.4 Å². The second kappa shape index (κ2) is 7.77. The number of fused-ring (bicyclic) bond motifs is 1. The lowest BCUT2D eigenvalue weighted by Crippen LogP contribution is -2.43. The number of aromatic nitrogens is 2. The van der Waals surface area contributed by atoms with Gasteiger partial charge in [-0.3, -0.25) is 4.79 Å². The van der Waals surface area contributed by atoms with Gasteiger partial charge in [-0.05, 0) is 49.6 Å². The molecule has 1 amide bonds. The molecular weight excluding hydrogens is 415 g/mol. The molecule has 152 valence electrons. The Balaban J connectivity index is 1.53. The van der Waals surface area contributed by atoms with Gasteiger partial charge in [-0.25, -0.2) is 12.8 Å². The molecule has 2 heterocycles. The Bertz CT molecular complexity index is 1180. The van der Waals surface area contributed by atoms with E-state index in [1.54, 1.807) is 31.2 Å². The molecule has 1 atom stereocenters. The Hall–Kier alpha value is -2.43. The van der Waals surface area contributed by atoms with Gasteiger partial charge >= 0.3 is 0 Å². The fourth-order valence-electron chi connectivity index (χ4n) is 3.42. The number of anilines is 1. The van der Waals surface area contributed by atoms with Gasteiger partial charge in [0.25, 0.3) is 0 Å². The molecule has 0 saturated carbocycles. The van der Waals surface area contributed by atoms with Gasteiger partial charge in [-0.15, -0.1) is 0 Å². The lowest BCUT2D eigenvalue weighted by Gasteiger charge is -2.31. The Morgan fingerprint density at radius 1 is 1.28 bits per heavy atom. The van der Waals surface area contributed by atoms with Crippen LogP contribution in [-0.2, 0) is 14.8 Å². The zero-order valence-corrected chi connectivity index (χ0v) is 17.3. The highest BCUT2D eigenvalue weighted by Gasteiger charge is 2.34. The molecule has 4 rings (SSSR count). The molecule has 1 aliphatic heterocycles. The van der Waals surface area contributed by atoms with Crippen LogP contribution in [0.3, 0.4) is 0 Å². The molecule has 0 bridgehead atoms. The minimum absolute atomic E-state index is 0.0659. The third kappa shape index (κ3) is 3.87. The second-order valence-corrected chi connectivity index (χ2v) is 9.48. The highest BCUT2D eigenvalue weighted by molar-refractivity contribution is 7.89. The van der Waals surface area contributed by atoms with Crippen molar-refractivity contribution < 1.29 is 17.6 Å². The lowest BCUT2D eigenvalue weighted by molar-refractivity contribution is -0.120. The van der Waals surface area contributed by atoms with Crippen molar-refractivity contribution in [3.05, 3.63) is 47.8 Å². The number of hydrogen-bond acceptors (Lipinski definition) is 6. The summed E-state index contributed by atoms with van der Waals surface area (Å²) < 4.78 is 49.6. The summed E-state index contributed by atoms with van der Waals surface area (Å²) >= 11 is 0.961. The Kier molecular flexibility index (Phi) is 5.32. The van der Waals surface area contributed by atoms with Crippen molar-refractivity contribution in [3.63, 3.8) is 0 Å². The number of carbonyl (C=O) groups is 1. The Morgan fingerprint density at radius 2 is 2.10 bits per heavy atom. The first kappa shape index (κ1) is 19.9. The monoisotopic (exact) mass is 434 g/mol. The molecule has 1 N–H and O–H groups in total. The minimum Gasteiger partial charge on any atom is -0.326 e. The van der Waals surface area contributed by atoms with E-state index in [2.05, 4.69) is 14.1 Å². The van der Waals surface area contributed by atoms with Crippen molar-refractivity contribution in [1.29, 1.82) is 0 Å². The van der Waals surface area contributed by atoms with Gasteiger partial charge in [0.1, 0.15) is 21.7 Å². The summed E-state index contributed by atoms with van der Waals surface area (Å²) in [4.78, 5) is 12.8. The molecule has 0 radical (unpaired) electrons. The second-order valence-electron chi connectivity index (χ2n) is 7.04. The van der Waals surface area contributed by atoms with Crippen LogP contribution in [0.15, 0.2) is 41.3 Å². The maximum Gasteiger partial charge on any atom is 0.245 e. The third-order valence-corrected chi connectivity index (χ3v) is 7.50. The maximum absolute atomic E-state index is 13.7. The number of piperidine rings is 1. The van der Waals surface area contributed by atoms with E-state index in [1.165, 1.54) is 16.4 Å². The molecule has 29 heavy (non-hydrogen) atoms. The molecule has 0 spiro atoms. The van der Waals surface area contributed by atoms with E-state index < -0.39 is 21.8 Å². The normalized spacial score (nSPS) is 18.1. The maximum atomic E-state index is 13.7. The number of rotatable bonds is 4. The smallest absolute Gasteiger partial charge is 0.245 e. The largest absolute Gasteiger partial charge is 0.326 e. The van der Waals surface area contributed by atoms with Crippen molar-refractivity contribution >= 4 is 44.4 Å². The van der Waals surface area contributed by atoms with Crippen molar-refractivity contribution in [1.82, 2.24) is 13.1 Å². The van der Waals surface area contributed by atoms with E-state index in [0.717, 1.165) is 11.7 Å². The average molecular weight is 435 g/mol. The minimum atomic E-state index is -3.81. The molecule has 1 aliphatic rings. The lowest BCUT2D eigenvalue weighted by atomic mass is 9.98. The van der Waals surface area contributed by atoms with Crippen molar-refractivity contribution in [2.24, 2.45) is 5.92 Å². The first-order valence-electron chi connectivity index (χ1n) is 9.15. The quantitative estimate of drug-likeness (QED) is 0.681. The van der Waals surface area contributed by atoms with Crippen molar-refractivity contribution in [2.45, 2.75) is 24.7 Å². The summed E-state index contributed by atoms with van der Waals surface area (Å²) in [5, 5.41) is 2.70. The number of carbonyl (C=O) groups excluding carboxylic acids is 1. The molecule has 0 aliphatic carbocycles. The highest BCUT2D eigenvalue weighted by atomic mass is 32.2. The summed E-state index contributed by atoms with van der Waals surface area (Å²) in [6.45, 7) is 2.04. The van der Waals surface area contributed by atoms with Crippen LogP contribution in [0.4, 0.5) is 10.1 Å². The van der Waals surface area contributed by atoms with Crippen LogP contribution in [0.1, 0.15) is 18.4 Å². The summed E-state index contributed by atoms with van der Waals surface area (Å²) in [7, 11) is -3.81. The SMILES string of the molecule is Cc1ccc(NC(=O)C2CCCN(S(=O)(=O)c3cccc4nsnc34)C2)cc1F. The van der Waals surface area contributed by atoms with E-state index in [1.807, 2.05) is 0 Å². The van der Waals surface area contributed by atoms with Crippen LogP contribution in [0, 0.1) is 18.7 Å². The summed E-state index contributed by atoms with van der Waals surface area (Å²) in [6.07, 6.45) is 1.12. The molecule has 1 saturated heterocycles. The molecule has 1 unspecified atom stereocenters. The highest BCUT2D eigenvalue weighted by Crippen LogP contribution is 2.28. The number of sulfonamides is 1. The van der Waals surface area contributed by atoms with Crippen LogP contribution < -0.4 is 5.32 Å². The topological polar surface area (TPSA) is 92.3 Å². The average Bonchev–Trinajstić information content (AvgIpc) is 3.19. The van der Waals surface area contributed by atoms with E-state index in [4.69, 9.17) is 0 Å². The van der Waals surface area contributed by atoms with E-state index in [9.17, 15) is 17.6 Å². The molecule has 2 aromatic carbocycles. The zero-order chi connectivity index (χ0) is 20.6. The van der Waals surface area contributed by atoms with Crippen LogP contribution in [0.2, 0.25) is 0 Å². The summed E-state index contributed by atoms with van der Waals surface area (Å²) in [5.74, 6) is -1.24. The Morgan fingerprint density at radius 3 is 2.90 bits per heavy atom. The van der Waals surface area contributed by atoms with Gasteiger partial charge in [0.05, 0.1) is 17.6 Å². The number of aryl methyl sites for hydroxylation is 1.